The van der Waals surface area contributed by atoms with Gasteiger partial charge in [-0.05, 0) is 49.4 Å². The Bertz CT molecular complexity index is 685. The van der Waals surface area contributed by atoms with Crippen LogP contribution in [0.3, 0.4) is 0 Å². The van der Waals surface area contributed by atoms with E-state index in [1.807, 2.05) is 6.07 Å². The Morgan fingerprint density at radius 1 is 1.39 bits per heavy atom. The molecule has 2 aliphatic rings. The second-order valence-corrected chi connectivity index (χ2v) is 6.36. The number of benzene rings is 1. The van der Waals surface area contributed by atoms with Crippen molar-refractivity contribution < 1.29 is 18.0 Å². The summed E-state index contributed by atoms with van der Waals surface area (Å²) in [5, 5.41) is 8.97. The van der Waals surface area contributed by atoms with E-state index in [1.165, 1.54) is 17.0 Å². The Labute approximate surface area is 132 Å². The molecule has 1 aromatic carbocycles. The average molecular weight is 322 g/mol. The van der Waals surface area contributed by atoms with Crippen LogP contribution in [0.2, 0.25) is 0 Å². The van der Waals surface area contributed by atoms with Crippen LogP contribution in [0, 0.1) is 22.6 Å². The second-order valence-electron chi connectivity index (χ2n) is 6.36. The summed E-state index contributed by atoms with van der Waals surface area (Å²) in [6.07, 6.45) is -1.22. The van der Waals surface area contributed by atoms with Crippen molar-refractivity contribution in [2.45, 2.75) is 51.1 Å². The molecule has 122 valence electrons. The largest absolute Gasteiger partial charge is 0.332 e. The topological polar surface area (TPSA) is 44.1 Å². The van der Waals surface area contributed by atoms with E-state index in [9.17, 15) is 18.0 Å². The predicted octanol–water partition coefficient (Wildman–Crippen LogP) is 3.79. The minimum atomic E-state index is -2.70. The van der Waals surface area contributed by atoms with Gasteiger partial charge in [-0.1, -0.05) is 6.92 Å². The molecule has 3 nitrogen and oxygen atoms in total. The first-order valence-electron chi connectivity index (χ1n) is 7.74. The van der Waals surface area contributed by atoms with Crippen molar-refractivity contribution in [2.24, 2.45) is 5.41 Å². The van der Waals surface area contributed by atoms with Gasteiger partial charge in [0.2, 0.25) is 5.91 Å². The average Bonchev–Trinajstić information content (AvgIpc) is 3.05. The lowest BCUT2D eigenvalue weighted by Gasteiger charge is -2.29. The van der Waals surface area contributed by atoms with Crippen molar-refractivity contribution in [3.8, 4) is 6.07 Å². The SMILES string of the molecule is CC[C@@]1(C(F)F)C[C@@H]2CC[C@H](c3cc(F)cc(C#N)c3)N2C1=O. The Hall–Kier alpha value is -2.03. The van der Waals surface area contributed by atoms with Crippen LogP contribution in [-0.4, -0.2) is 23.3 Å². The van der Waals surface area contributed by atoms with Crippen molar-refractivity contribution in [2.75, 3.05) is 0 Å². The van der Waals surface area contributed by atoms with Gasteiger partial charge in [0.25, 0.3) is 6.43 Å². The summed E-state index contributed by atoms with van der Waals surface area (Å²) in [6, 6.07) is 5.18. The van der Waals surface area contributed by atoms with E-state index in [2.05, 4.69) is 0 Å². The van der Waals surface area contributed by atoms with Gasteiger partial charge in [-0.25, -0.2) is 13.2 Å². The molecule has 1 amide bonds. The van der Waals surface area contributed by atoms with Crippen molar-refractivity contribution in [1.29, 1.82) is 5.26 Å². The van der Waals surface area contributed by atoms with Gasteiger partial charge in [0.15, 0.2) is 0 Å². The Morgan fingerprint density at radius 3 is 2.74 bits per heavy atom. The highest BCUT2D eigenvalue weighted by atomic mass is 19.3. The molecule has 2 aliphatic heterocycles. The number of rotatable bonds is 3. The Kier molecular flexibility index (Phi) is 3.83. The lowest BCUT2D eigenvalue weighted by atomic mass is 9.81. The van der Waals surface area contributed by atoms with Crippen LogP contribution in [0.15, 0.2) is 18.2 Å². The van der Waals surface area contributed by atoms with Crippen molar-refractivity contribution in [3.63, 3.8) is 0 Å². The number of alkyl halides is 2. The molecule has 3 atom stereocenters. The molecule has 0 aliphatic carbocycles. The highest BCUT2D eigenvalue weighted by Gasteiger charge is 2.59. The summed E-state index contributed by atoms with van der Waals surface area (Å²) in [6.45, 7) is 1.61. The van der Waals surface area contributed by atoms with E-state index in [0.29, 0.717) is 18.4 Å². The van der Waals surface area contributed by atoms with Gasteiger partial charge in [0.05, 0.1) is 17.7 Å². The molecule has 1 aromatic rings. The van der Waals surface area contributed by atoms with Crippen LogP contribution in [0.1, 0.15) is 49.8 Å². The molecule has 2 saturated heterocycles. The summed E-state index contributed by atoms with van der Waals surface area (Å²) in [5.74, 6) is -1.09. The smallest absolute Gasteiger partial charge is 0.252 e. The molecule has 0 saturated carbocycles. The van der Waals surface area contributed by atoms with Crippen LogP contribution >= 0.6 is 0 Å². The summed E-state index contributed by atoms with van der Waals surface area (Å²) in [7, 11) is 0. The first-order valence-corrected chi connectivity index (χ1v) is 7.74. The van der Waals surface area contributed by atoms with Gasteiger partial charge in [0.1, 0.15) is 11.2 Å². The number of halogens is 3. The van der Waals surface area contributed by atoms with Crippen LogP contribution in [0.5, 0.6) is 0 Å². The van der Waals surface area contributed by atoms with Gasteiger partial charge in [-0.15, -0.1) is 0 Å². The molecule has 0 radical (unpaired) electrons. The van der Waals surface area contributed by atoms with E-state index in [0.717, 1.165) is 6.07 Å². The third-order valence-corrected chi connectivity index (χ3v) is 5.25. The number of nitriles is 1. The van der Waals surface area contributed by atoms with Crippen LogP contribution < -0.4 is 0 Å². The lowest BCUT2D eigenvalue weighted by Crippen LogP contribution is -2.40. The maximum Gasteiger partial charge on any atom is 0.252 e. The minimum Gasteiger partial charge on any atom is -0.332 e. The summed E-state index contributed by atoms with van der Waals surface area (Å²) >= 11 is 0. The molecule has 0 spiro atoms. The molecule has 0 unspecified atom stereocenters. The fourth-order valence-corrected chi connectivity index (χ4v) is 3.98. The van der Waals surface area contributed by atoms with E-state index in [-0.39, 0.29) is 24.4 Å². The standard InChI is InChI=1S/C17H17F3N2O/c1-2-17(15(19)20)8-13-3-4-14(22(13)16(17)23)11-5-10(9-21)6-12(18)7-11/h5-7,13-15H,2-4,8H2,1H3/t13-,14+,17-/m0/s1. The predicted molar refractivity (Wildman–Crippen MR) is 77.1 cm³/mol. The molecule has 3 rings (SSSR count). The molecular weight excluding hydrogens is 305 g/mol. The molecule has 23 heavy (non-hydrogen) atoms. The Balaban J connectivity index is 1.98. The zero-order valence-electron chi connectivity index (χ0n) is 12.7. The summed E-state index contributed by atoms with van der Waals surface area (Å²) in [4.78, 5) is 14.2. The Morgan fingerprint density at radius 2 is 2.13 bits per heavy atom. The summed E-state index contributed by atoms with van der Waals surface area (Å²) < 4.78 is 40.7. The highest BCUT2D eigenvalue weighted by Crippen LogP contribution is 2.52. The van der Waals surface area contributed by atoms with E-state index in [1.54, 1.807) is 6.92 Å². The molecular formula is C17H17F3N2O. The lowest BCUT2D eigenvalue weighted by molar-refractivity contribution is -0.146. The second kappa shape index (κ2) is 5.55. The third kappa shape index (κ3) is 2.30. The van der Waals surface area contributed by atoms with Crippen molar-refractivity contribution >= 4 is 5.91 Å². The number of amides is 1. The third-order valence-electron chi connectivity index (χ3n) is 5.25. The summed E-state index contributed by atoms with van der Waals surface area (Å²) in [5.41, 5.74) is -0.932. The van der Waals surface area contributed by atoms with Gasteiger partial charge >= 0.3 is 0 Å². The fraction of sp³-hybridized carbons (Fsp3) is 0.529. The van der Waals surface area contributed by atoms with Crippen LogP contribution in [0.25, 0.3) is 0 Å². The zero-order valence-corrected chi connectivity index (χ0v) is 12.7. The maximum absolute atomic E-state index is 13.7. The number of hydrogen-bond acceptors (Lipinski definition) is 2. The number of hydrogen-bond donors (Lipinski definition) is 0. The number of carbonyl (C=O) groups excluding carboxylic acids is 1. The number of fused-ring (bicyclic) bond motifs is 1. The van der Waals surface area contributed by atoms with Gasteiger partial charge in [0, 0.05) is 6.04 Å². The zero-order chi connectivity index (χ0) is 16.8. The number of carbonyl (C=O) groups is 1. The first-order chi connectivity index (χ1) is 10.9. The maximum atomic E-state index is 13.7. The molecule has 2 fully saturated rings. The van der Waals surface area contributed by atoms with Crippen LogP contribution in [-0.2, 0) is 4.79 Å². The fourth-order valence-electron chi connectivity index (χ4n) is 3.98. The van der Waals surface area contributed by atoms with Gasteiger partial charge in [-0.2, -0.15) is 5.26 Å². The highest BCUT2D eigenvalue weighted by molar-refractivity contribution is 5.86. The quantitative estimate of drug-likeness (QED) is 0.850. The molecule has 0 bridgehead atoms. The van der Waals surface area contributed by atoms with Gasteiger partial charge in [-0.3, -0.25) is 4.79 Å². The normalized spacial score (nSPS) is 29.9. The van der Waals surface area contributed by atoms with Gasteiger partial charge < -0.3 is 4.90 Å². The van der Waals surface area contributed by atoms with E-state index in [4.69, 9.17) is 5.26 Å². The molecule has 0 N–H and O–H groups in total. The molecule has 2 heterocycles. The monoisotopic (exact) mass is 322 g/mol. The van der Waals surface area contributed by atoms with Crippen molar-refractivity contribution in [1.82, 2.24) is 4.90 Å². The van der Waals surface area contributed by atoms with E-state index < -0.39 is 29.6 Å². The number of nitrogens with zero attached hydrogens (tertiary/aromatic N) is 2. The van der Waals surface area contributed by atoms with Crippen molar-refractivity contribution in [3.05, 3.63) is 35.1 Å². The van der Waals surface area contributed by atoms with Crippen LogP contribution in [0.4, 0.5) is 13.2 Å². The first kappa shape index (κ1) is 15.9. The molecule has 0 aromatic heterocycles. The molecule has 6 heteroatoms. The van der Waals surface area contributed by atoms with E-state index >= 15 is 0 Å². The minimum absolute atomic E-state index is 0.0931.